The van der Waals surface area contributed by atoms with Gasteiger partial charge >= 0.3 is 0 Å². The molecule has 0 saturated carbocycles. The van der Waals surface area contributed by atoms with Gasteiger partial charge in [0.05, 0.1) is 30.8 Å². The Morgan fingerprint density at radius 2 is 2.15 bits per heavy atom. The van der Waals surface area contributed by atoms with E-state index in [0.29, 0.717) is 6.61 Å². The Labute approximate surface area is 78.4 Å². The van der Waals surface area contributed by atoms with Crippen LogP contribution in [-0.4, -0.2) is 23.1 Å². The Morgan fingerprint density at radius 3 is 2.62 bits per heavy atom. The summed E-state index contributed by atoms with van der Waals surface area (Å²) in [5.74, 6) is 0.772. The zero-order valence-electron chi connectivity index (χ0n) is 8.24. The van der Waals surface area contributed by atoms with Crippen LogP contribution in [0.4, 0.5) is 5.82 Å². The Balaban J connectivity index is 2.49. The van der Waals surface area contributed by atoms with Crippen molar-refractivity contribution in [2.45, 2.75) is 26.6 Å². The van der Waals surface area contributed by atoms with E-state index in [1.54, 1.807) is 12.4 Å². The molecule has 0 radical (unpaired) electrons. The number of hydrogen-bond donors (Lipinski definition) is 1. The lowest BCUT2D eigenvalue weighted by Gasteiger charge is -2.06. The molecule has 72 valence electrons. The predicted octanol–water partition coefficient (Wildman–Crippen LogP) is 1.44. The average Bonchev–Trinajstić information content (AvgIpc) is 2.15. The molecule has 1 rings (SSSR count). The van der Waals surface area contributed by atoms with E-state index in [2.05, 4.69) is 15.3 Å². The topological polar surface area (TPSA) is 47.0 Å². The Hall–Kier alpha value is -1.16. The lowest BCUT2D eigenvalue weighted by Crippen LogP contribution is -2.04. The van der Waals surface area contributed by atoms with Crippen molar-refractivity contribution in [2.75, 3.05) is 12.4 Å². The molecule has 1 aromatic heterocycles. The quantitative estimate of drug-likeness (QED) is 0.763. The van der Waals surface area contributed by atoms with Crippen LogP contribution in [-0.2, 0) is 11.3 Å². The highest BCUT2D eigenvalue weighted by Gasteiger charge is 1.98. The smallest absolute Gasteiger partial charge is 0.144 e. The van der Waals surface area contributed by atoms with Crippen LogP contribution >= 0.6 is 0 Å². The normalized spacial score (nSPS) is 10.5. The number of hydrogen-bond acceptors (Lipinski definition) is 4. The molecule has 0 aliphatic heterocycles. The van der Waals surface area contributed by atoms with Gasteiger partial charge in [-0.25, -0.2) is 4.98 Å². The van der Waals surface area contributed by atoms with Crippen molar-refractivity contribution in [2.24, 2.45) is 0 Å². The lowest BCUT2D eigenvalue weighted by atomic mass is 10.4. The fourth-order valence-corrected chi connectivity index (χ4v) is 0.810. The second-order valence-corrected chi connectivity index (χ2v) is 3.00. The summed E-state index contributed by atoms with van der Waals surface area (Å²) < 4.78 is 5.38. The molecule has 0 saturated heterocycles. The van der Waals surface area contributed by atoms with Gasteiger partial charge in [-0.3, -0.25) is 4.98 Å². The molecular weight excluding hydrogens is 166 g/mol. The second kappa shape index (κ2) is 4.77. The highest BCUT2D eigenvalue weighted by atomic mass is 16.5. The molecule has 4 heteroatoms. The molecule has 0 amide bonds. The fraction of sp³-hybridized carbons (Fsp3) is 0.556. The SMILES string of the molecule is CNc1cnc(COC(C)C)cn1. The summed E-state index contributed by atoms with van der Waals surface area (Å²) in [6, 6.07) is 0. The van der Waals surface area contributed by atoms with Crippen molar-refractivity contribution in [3.05, 3.63) is 18.1 Å². The zero-order valence-corrected chi connectivity index (χ0v) is 8.24. The van der Waals surface area contributed by atoms with Gasteiger partial charge in [-0.1, -0.05) is 0 Å². The molecule has 4 nitrogen and oxygen atoms in total. The van der Waals surface area contributed by atoms with Crippen LogP contribution in [0, 0.1) is 0 Å². The molecule has 1 heterocycles. The minimum absolute atomic E-state index is 0.228. The average molecular weight is 181 g/mol. The fourth-order valence-electron chi connectivity index (χ4n) is 0.810. The second-order valence-electron chi connectivity index (χ2n) is 3.00. The maximum Gasteiger partial charge on any atom is 0.144 e. The molecule has 0 unspecified atom stereocenters. The summed E-state index contributed by atoms with van der Waals surface area (Å²) >= 11 is 0. The third kappa shape index (κ3) is 3.38. The third-order valence-electron chi connectivity index (χ3n) is 1.53. The van der Waals surface area contributed by atoms with E-state index in [9.17, 15) is 0 Å². The van der Waals surface area contributed by atoms with E-state index in [1.807, 2.05) is 20.9 Å². The van der Waals surface area contributed by atoms with Crippen molar-refractivity contribution >= 4 is 5.82 Å². The van der Waals surface area contributed by atoms with E-state index in [1.165, 1.54) is 0 Å². The molecule has 1 N–H and O–H groups in total. The first-order valence-corrected chi connectivity index (χ1v) is 4.32. The van der Waals surface area contributed by atoms with Gasteiger partial charge in [0, 0.05) is 7.05 Å². The molecule has 1 aromatic rings. The van der Waals surface area contributed by atoms with E-state index in [4.69, 9.17) is 4.74 Å². The van der Waals surface area contributed by atoms with E-state index in [0.717, 1.165) is 11.5 Å². The predicted molar refractivity (Wildman–Crippen MR) is 51.5 cm³/mol. The van der Waals surface area contributed by atoms with Gasteiger partial charge in [0.25, 0.3) is 0 Å². The van der Waals surface area contributed by atoms with Crippen LogP contribution in [0.5, 0.6) is 0 Å². The maximum atomic E-state index is 5.38. The van der Waals surface area contributed by atoms with Gasteiger partial charge < -0.3 is 10.1 Å². The molecule has 0 aromatic carbocycles. The van der Waals surface area contributed by atoms with E-state index in [-0.39, 0.29) is 6.10 Å². The molecule has 0 fully saturated rings. The van der Waals surface area contributed by atoms with Gasteiger partial charge in [-0.15, -0.1) is 0 Å². The summed E-state index contributed by atoms with van der Waals surface area (Å²) in [6.45, 7) is 4.51. The van der Waals surface area contributed by atoms with Gasteiger partial charge in [0.2, 0.25) is 0 Å². The first-order chi connectivity index (χ1) is 6.22. The molecule has 0 bridgehead atoms. The minimum Gasteiger partial charge on any atom is -0.372 e. The summed E-state index contributed by atoms with van der Waals surface area (Å²) in [5.41, 5.74) is 0.854. The number of nitrogens with one attached hydrogen (secondary N) is 1. The van der Waals surface area contributed by atoms with Crippen LogP contribution in [0.3, 0.4) is 0 Å². The van der Waals surface area contributed by atoms with Gasteiger partial charge in [0.15, 0.2) is 0 Å². The van der Waals surface area contributed by atoms with Crippen LogP contribution in [0.15, 0.2) is 12.4 Å². The number of aromatic nitrogens is 2. The lowest BCUT2D eigenvalue weighted by molar-refractivity contribution is 0.0634. The summed E-state index contributed by atoms with van der Waals surface area (Å²) in [7, 11) is 1.81. The summed E-state index contributed by atoms with van der Waals surface area (Å²) in [6.07, 6.45) is 3.64. The molecule has 0 atom stereocenters. The highest BCUT2D eigenvalue weighted by molar-refractivity contribution is 5.29. The Bertz CT molecular complexity index is 246. The molecule has 13 heavy (non-hydrogen) atoms. The Morgan fingerprint density at radius 1 is 1.38 bits per heavy atom. The van der Waals surface area contributed by atoms with Crippen molar-refractivity contribution in [3.63, 3.8) is 0 Å². The van der Waals surface area contributed by atoms with Crippen LogP contribution < -0.4 is 5.32 Å². The van der Waals surface area contributed by atoms with Crippen molar-refractivity contribution in [1.82, 2.24) is 9.97 Å². The summed E-state index contributed by atoms with van der Waals surface area (Å²) in [5, 5.41) is 2.90. The summed E-state index contributed by atoms with van der Waals surface area (Å²) in [4.78, 5) is 8.29. The van der Waals surface area contributed by atoms with Crippen LogP contribution in [0.25, 0.3) is 0 Å². The first kappa shape index (κ1) is 9.92. The zero-order chi connectivity index (χ0) is 9.68. The van der Waals surface area contributed by atoms with E-state index < -0.39 is 0 Å². The molecule has 0 spiro atoms. The van der Waals surface area contributed by atoms with Crippen molar-refractivity contribution < 1.29 is 4.74 Å². The number of ether oxygens (including phenoxy) is 1. The first-order valence-electron chi connectivity index (χ1n) is 4.32. The number of rotatable bonds is 4. The Kier molecular flexibility index (Phi) is 3.64. The maximum absolute atomic E-state index is 5.38. The molecular formula is C9H15N3O. The van der Waals surface area contributed by atoms with Gasteiger partial charge in [-0.2, -0.15) is 0 Å². The van der Waals surface area contributed by atoms with E-state index >= 15 is 0 Å². The number of anilines is 1. The third-order valence-corrected chi connectivity index (χ3v) is 1.53. The molecule has 0 aliphatic rings. The standard InChI is InChI=1S/C9H15N3O/c1-7(2)13-6-8-4-12-9(10-3)5-11-8/h4-5,7H,6H2,1-3H3,(H,10,12). The van der Waals surface area contributed by atoms with Crippen molar-refractivity contribution in [3.8, 4) is 0 Å². The minimum atomic E-state index is 0.228. The van der Waals surface area contributed by atoms with Crippen LogP contribution in [0.1, 0.15) is 19.5 Å². The number of nitrogens with zero attached hydrogens (tertiary/aromatic N) is 2. The largest absolute Gasteiger partial charge is 0.372 e. The highest BCUT2D eigenvalue weighted by Crippen LogP contribution is 2.02. The van der Waals surface area contributed by atoms with Gasteiger partial charge in [0.1, 0.15) is 5.82 Å². The van der Waals surface area contributed by atoms with Crippen LogP contribution in [0.2, 0.25) is 0 Å². The molecule has 0 aliphatic carbocycles. The van der Waals surface area contributed by atoms with Crippen molar-refractivity contribution in [1.29, 1.82) is 0 Å². The monoisotopic (exact) mass is 181 g/mol. The van der Waals surface area contributed by atoms with Gasteiger partial charge in [-0.05, 0) is 13.8 Å².